The van der Waals surface area contributed by atoms with Crippen molar-refractivity contribution < 1.29 is 18.0 Å². The van der Waals surface area contributed by atoms with Crippen LogP contribution in [0.1, 0.15) is 42.9 Å². The molecule has 1 heterocycles. The monoisotopic (exact) mass is 567 g/mol. The van der Waals surface area contributed by atoms with E-state index in [0.717, 1.165) is 29.5 Å². The third-order valence-electron chi connectivity index (χ3n) is 7.03. The van der Waals surface area contributed by atoms with Gasteiger partial charge in [0.1, 0.15) is 6.04 Å². The molecule has 1 aliphatic heterocycles. The Balaban J connectivity index is 1.41. The Labute approximate surface area is 235 Å². The zero-order valence-corrected chi connectivity index (χ0v) is 23.6. The van der Waals surface area contributed by atoms with E-state index in [9.17, 15) is 18.0 Å². The average molecular weight is 568 g/mol. The first-order valence-electron chi connectivity index (χ1n) is 13.2. The van der Waals surface area contributed by atoms with Crippen LogP contribution < -0.4 is 5.32 Å². The van der Waals surface area contributed by atoms with Crippen molar-refractivity contribution in [3.05, 3.63) is 101 Å². The summed E-state index contributed by atoms with van der Waals surface area (Å²) in [5, 5.41) is 3.47. The maximum atomic E-state index is 13.4. The summed E-state index contributed by atoms with van der Waals surface area (Å²) in [6.07, 6.45) is 2.39. The van der Waals surface area contributed by atoms with Gasteiger partial charge in [-0.1, -0.05) is 72.3 Å². The summed E-state index contributed by atoms with van der Waals surface area (Å²) in [4.78, 5) is 28.3. The number of nitrogens with zero attached hydrogens (tertiary/aromatic N) is 2. The zero-order chi connectivity index (χ0) is 27.8. The Kier molecular flexibility index (Phi) is 9.78. The molecule has 1 fully saturated rings. The van der Waals surface area contributed by atoms with Crippen LogP contribution in [0, 0.1) is 0 Å². The van der Waals surface area contributed by atoms with Crippen LogP contribution in [0.2, 0.25) is 5.02 Å². The Bertz CT molecular complexity index is 1370. The molecule has 0 unspecified atom stereocenters. The van der Waals surface area contributed by atoms with Gasteiger partial charge in [-0.3, -0.25) is 9.59 Å². The van der Waals surface area contributed by atoms with Gasteiger partial charge in [0.25, 0.3) is 0 Å². The maximum absolute atomic E-state index is 13.4. The van der Waals surface area contributed by atoms with Gasteiger partial charge in [-0.05, 0) is 61.1 Å². The maximum Gasteiger partial charge on any atom is 0.243 e. The van der Waals surface area contributed by atoms with E-state index >= 15 is 0 Å². The van der Waals surface area contributed by atoms with Gasteiger partial charge in [0.15, 0.2) is 0 Å². The first-order chi connectivity index (χ1) is 18.8. The summed E-state index contributed by atoms with van der Waals surface area (Å²) in [6, 6.07) is 22.9. The highest BCUT2D eigenvalue weighted by Gasteiger charge is 2.28. The number of carbonyl (C=O) groups excluding carboxylic acids is 2. The van der Waals surface area contributed by atoms with Gasteiger partial charge < -0.3 is 10.2 Å². The van der Waals surface area contributed by atoms with Gasteiger partial charge in [0.2, 0.25) is 21.8 Å². The molecule has 39 heavy (non-hydrogen) atoms. The lowest BCUT2D eigenvalue weighted by Gasteiger charge is -2.29. The first-order valence-corrected chi connectivity index (χ1v) is 15.0. The summed E-state index contributed by atoms with van der Waals surface area (Å²) in [5.74, 6) is -0.427. The Hall–Kier alpha value is -3.20. The van der Waals surface area contributed by atoms with Crippen LogP contribution in [0.5, 0.6) is 0 Å². The molecule has 9 heteroatoms. The SMILES string of the molecule is C[C@@H](C(=O)NCc1ccccc1Cl)N(Cc1ccccc1)C(=O)CCc1ccc(S(=O)(=O)N2CCCC2)cc1. The van der Waals surface area contributed by atoms with Crippen molar-refractivity contribution in [2.24, 2.45) is 0 Å². The van der Waals surface area contributed by atoms with Crippen molar-refractivity contribution in [1.29, 1.82) is 0 Å². The Morgan fingerprint density at radius 1 is 0.923 bits per heavy atom. The normalized spacial score (nSPS) is 14.6. The Morgan fingerprint density at radius 3 is 2.23 bits per heavy atom. The van der Waals surface area contributed by atoms with Crippen LogP contribution in [-0.2, 0) is 39.1 Å². The molecule has 1 atom stereocenters. The van der Waals surface area contributed by atoms with Crippen molar-refractivity contribution in [1.82, 2.24) is 14.5 Å². The molecule has 7 nitrogen and oxygen atoms in total. The van der Waals surface area contributed by atoms with Crippen molar-refractivity contribution in [3.63, 3.8) is 0 Å². The number of sulfonamides is 1. The van der Waals surface area contributed by atoms with E-state index in [4.69, 9.17) is 11.6 Å². The summed E-state index contributed by atoms with van der Waals surface area (Å²) < 4.78 is 27.1. The molecular weight excluding hydrogens is 534 g/mol. The number of halogens is 1. The van der Waals surface area contributed by atoms with E-state index in [1.807, 2.05) is 48.5 Å². The molecule has 0 aromatic heterocycles. The van der Waals surface area contributed by atoms with E-state index in [2.05, 4.69) is 5.32 Å². The van der Waals surface area contributed by atoms with Gasteiger partial charge in [-0.2, -0.15) is 4.31 Å². The highest BCUT2D eigenvalue weighted by Crippen LogP contribution is 2.22. The van der Waals surface area contributed by atoms with Crippen molar-refractivity contribution in [2.45, 2.75) is 56.6 Å². The van der Waals surface area contributed by atoms with Crippen LogP contribution in [-0.4, -0.2) is 48.6 Å². The fraction of sp³-hybridized carbons (Fsp3) is 0.333. The fourth-order valence-electron chi connectivity index (χ4n) is 4.64. The van der Waals surface area contributed by atoms with Crippen molar-refractivity contribution in [3.8, 4) is 0 Å². The molecule has 206 valence electrons. The minimum Gasteiger partial charge on any atom is -0.350 e. The fourth-order valence-corrected chi connectivity index (χ4v) is 6.35. The molecule has 3 aromatic rings. The number of aryl methyl sites for hydroxylation is 1. The topological polar surface area (TPSA) is 86.8 Å². The van der Waals surface area contributed by atoms with E-state index in [0.29, 0.717) is 31.1 Å². The second-order valence-electron chi connectivity index (χ2n) is 9.75. The second-order valence-corrected chi connectivity index (χ2v) is 12.1. The van der Waals surface area contributed by atoms with Gasteiger partial charge in [-0.25, -0.2) is 8.42 Å². The van der Waals surface area contributed by atoms with E-state index in [1.54, 1.807) is 42.2 Å². The largest absolute Gasteiger partial charge is 0.350 e. The number of benzene rings is 3. The molecular formula is C30H34ClN3O4S. The molecule has 2 amide bonds. The van der Waals surface area contributed by atoms with Crippen molar-refractivity contribution in [2.75, 3.05) is 13.1 Å². The summed E-state index contributed by atoms with van der Waals surface area (Å²) in [6.45, 7) is 3.40. The number of rotatable bonds is 11. The molecule has 0 aliphatic carbocycles. The van der Waals surface area contributed by atoms with E-state index in [1.165, 1.54) is 4.31 Å². The second kappa shape index (κ2) is 13.2. The van der Waals surface area contributed by atoms with Gasteiger partial charge in [0, 0.05) is 37.6 Å². The summed E-state index contributed by atoms with van der Waals surface area (Å²) in [7, 11) is -3.48. The number of amides is 2. The minimum absolute atomic E-state index is 0.159. The number of hydrogen-bond acceptors (Lipinski definition) is 4. The van der Waals surface area contributed by atoms with Gasteiger partial charge in [0.05, 0.1) is 4.90 Å². The van der Waals surface area contributed by atoms with Gasteiger partial charge in [-0.15, -0.1) is 0 Å². The molecule has 1 N–H and O–H groups in total. The molecule has 0 saturated carbocycles. The van der Waals surface area contributed by atoms with Crippen LogP contribution in [0.15, 0.2) is 83.8 Å². The predicted molar refractivity (Wildman–Crippen MR) is 153 cm³/mol. The van der Waals surface area contributed by atoms with Gasteiger partial charge >= 0.3 is 0 Å². The number of hydrogen-bond donors (Lipinski definition) is 1. The molecule has 4 rings (SSSR count). The quantitative estimate of drug-likeness (QED) is 0.361. The zero-order valence-electron chi connectivity index (χ0n) is 22.1. The summed E-state index contributed by atoms with van der Waals surface area (Å²) >= 11 is 6.22. The minimum atomic E-state index is -3.48. The standard InChI is InChI=1S/C30H34ClN3O4S/c1-23(30(36)32-21-26-11-5-6-12-28(26)31)34(22-25-9-3-2-4-10-25)29(35)18-15-24-13-16-27(17-14-24)39(37,38)33-19-7-8-20-33/h2-6,9-14,16-17,23H,7-8,15,18-22H2,1H3,(H,32,36)/t23-/m0/s1. The lowest BCUT2D eigenvalue weighted by Crippen LogP contribution is -2.47. The molecule has 1 aliphatic rings. The molecule has 3 aromatic carbocycles. The lowest BCUT2D eigenvalue weighted by molar-refractivity contribution is -0.140. The Morgan fingerprint density at radius 2 is 1.56 bits per heavy atom. The average Bonchev–Trinajstić information content (AvgIpc) is 3.51. The lowest BCUT2D eigenvalue weighted by atomic mass is 10.1. The van der Waals surface area contributed by atoms with E-state index < -0.39 is 16.1 Å². The third kappa shape index (κ3) is 7.47. The number of carbonyl (C=O) groups is 2. The molecule has 1 saturated heterocycles. The van der Waals surface area contributed by atoms with Crippen LogP contribution in [0.25, 0.3) is 0 Å². The summed E-state index contributed by atoms with van der Waals surface area (Å²) in [5.41, 5.74) is 2.59. The van der Waals surface area contributed by atoms with Crippen LogP contribution in [0.4, 0.5) is 0 Å². The van der Waals surface area contributed by atoms with Crippen LogP contribution in [0.3, 0.4) is 0 Å². The third-order valence-corrected chi connectivity index (χ3v) is 9.31. The van der Waals surface area contributed by atoms with Crippen LogP contribution >= 0.6 is 11.6 Å². The van der Waals surface area contributed by atoms with E-state index in [-0.39, 0.29) is 29.7 Å². The molecule has 0 spiro atoms. The smallest absolute Gasteiger partial charge is 0.243 e. The predicted octanol–water partition coefficient (Wildman–Crippen LogP) is 4.79. The molecule has 0 bridgehead atoms. The molecule has 0 radical (unpaired) electrons. The highest BCUT2D eigenvalue weighted by atomic mass is 35.5. The van der Waals surface area contributed by atoms with Crippen molar-refractivity contribution >= 4 is 33.4 Å². The highest BCUT2D eigenvalue weighted by molar-refractivity contribution is 7.89. The first kappa shape index (κ1) is 28.8. The number of nitrogens with one attached hydrogen (secondary N) is 1.